The lowest BCUT2D eigenvalue weighted by Gasteiger charge is -2.14. The Hall–Kier alpha value is -2.72. The number of ether oxygens (including phenoxy) is 2. The first-order valence-corrected chi connectivity index (χ1v) is 8.97. The zero-order valence-corrected chi connectivity index (χ0v) is 16.0. The summed E-state index contributed by atoms with van der Waals surface area (Å²) in [4.78, 5) is 0. The molecule has 0 unspecified atom stereocenters. The fourth-order valence-electron chi connectivity index (χ4n) is 2.61. The van der Waals surface area contributed by atoms with Crippen LogP contribution in [0.1, 0.15) is 16.7 Å². The van der Waals surface area contributed by atoms with Gasteiger partial charge >= 0.3 is 0 Å². The summed E-state index contributed by atoms with van der Waals surface area (Å²) >= 11 is 6.04. The summed E-state index contributed by atoms with van der Waals surface area (Å²) < 4.78 is 24.4. The van der Waals surface area contributed by atoms with E-state index in [9.17, 15) is 4.39 Å². The Labute approximate surface area is 163 Å². The molecule has 0 aromatic heterocycles. The second-order valence-corrected chi connectivity index (χ2v) is 6.64. The maximum Gasteiger partial charge on any atom is 0.161 e. The standard InChI is InChI=1S/C22H21ClFNO2/c1-15-3-8-19(9-4-15)25-13-16-5-10-21(22(11-16)26-2)27-14-17-6-7-18(24)12-20(17)23/h3-12,25H,13-14H2,1-2H3. The van der Waals surface area contributed by atoms with Gasteiger partial charge in [-0.05, 0) is 48.9 Å². The van der Waals surface area contributed by atoms with E-state index in [4.69, 9.17) is 21.1 Å². The largest absolute Gasteiger partial charge is 0.493 e. The zero-order valence-electron chi connectivity index (χ0n) is 15.3. The zero-order chi connectivity index (χ0) is 19.2. The molecular weight excluding hydrogens is 365 g/mol. The Morgan fingerprint density at radius 3 is 2.44 bits per heavy atom. The first-order valence-electron chi connectivity index (χ1n) is 8.59. The lowest BCUT2D eigenvalue weighted by atomic mass is 10.2. The van der Waals surface area contributed by atoms with Crippen molar-refractivity contribution < 1.29 is 13.9 Å². The highest BCUT2D eigenvalue weighted by Gasteiger charge is 2.08. The van der Waals surface area contributed by atoms with Gasteiger partial charge in [0.25, 0.3) is 0 Å². The van der Waals surface area contributed by atoms with Crippen LogP contribution >= 0.6 is 11.6 Å². The van der Waals surface area contributed by atoms with Crippen molar-refractivity contribution in [3.8, 4) is 11.5 Å². The van der Waals surface area contributed by atoms with E-state index in [2.05, 4.69) is 36.5 Å². The van der Waals surface area contributed by atoms with Crippen LogP contribution in [0.3, 0.4) is 0 Å². The average molecular weight is 386 g/mol. The molecule has 0 aliphatic rings. The molecule has 27 heavy (non-hydrogen) atoms. The molecule has 0 aliphatic heterocycles. The van der Waals surface area contributed by atoms with Crippen LogP contribution in [0.5, 0.6) is 11.5 Å². The Morgan fingerprint density at radius 2 is 1.74 bits per heavy atom. The molecule has 3 aromatic rings. The van der Waals surface area contributed by atoms with E-state index in [1.54, 1.807) is 13.2 Å². The minimum absolute atomic E-state index is 0.233. The van der Waals surface area contributed by atoms with Crippen LogP contribution in [-0.2, 0) is 13.2 Å². The van der Waals surface area contributed by atoms with Gasteiger partial charge in [-0.1, -0.05) is 41.4 Å². The van der Waals surface area contributed by atoms with Gasteiger partial charge in [0.2, 0.25) is 0 Å². The van der Waals surface area contributed by atoms with Crippen molar-refractivity contribution in [1.82, 2.24) is 0 Å². The fraction of sp³-hybridized carbons (Fsp3) is 0.182. The molecule has 3 aromatic carbocycles. The molecule has 3 rings (SSSR count). The minimum atomic E-state index is -0.369. The first-order chi connectivity index (χ1) is 13.0. The molecule has 0 saturated carbocycles. The maximum atomic E-state index is 13.1. The van der Waals surface area contributed by atoms with Gasteiger partial charge in [0, 0.05) is 17.8 Å². The number of halogens is 2. The van der Waals surface area contributed by atoms with Gasteiger partial charge < -0.3 is 14.8 Å². The molecule has 5 heteroatoms. The summed E-state index contributed by atoms with van der Waals surface area (Å²) in [6.45, 7) is 2.96. The molecule has 0 amide bonds. The molecule has 0 atom stereocenters. The molecule has 0 bridgehead atoms. The average Bonchev–Trinajstić information content (AvgIpc) is 2.67. The number of aryl methyl sites for hydroxylation is 1. The second-order valence-electron chi connectivity index (χ2n) is 6.23. The number of nitrogens with one attached hydrogen (secondary N) is 1. The number of hydrogen-bond donors (Lipinski definition) is 1. The third kappa shape index (κ3) is 5.14. The molecule has 3 nitrogen and oxygen atoms in total. The molecule has 140 valence electrons. The summed E-state index contributed by atoms with van der Waals surface area (Å²) in [5.41, 5.74) is 4.07. The number of benzene rings is 3. The van der Waals surface area contributed by atoms with Gasteiger partial charge in [0.05, 0.1) is 12.1 Å². The van der Waals surface area contributed by atoms with Gasteiger partial charge in [0.1, 0.15) is 12.4 Å². The number of rotatable bonds is 7. The molecule has 0 heterocycles. The Kier molecular flexibility index (Phi) is 6.20. The topological polar surface area (TPSA) is 30.5 Å². The van der Waals surface area contributed by atoms with E-state index in [0.29, 0.717) is 28.6 Å². The third-order valence-electron chi connectivity index (χ3n) is 4.17. The summed E-state index contributed by atoms with van der Waals surface area (Å²) in [5.74, 6) is 0.875. The molecule has 1 N–H and O–H groups in total. The van der Waals surface area contributed by atoms with Crippen LogP contribution in [0.4, 0.5) is 10.1 Å². The van der Waals surface area contributed by atoms with E-state index in [0.717, 1.165) is 11.3 Å². The van der Waals surface area contributed by atoms with E-state index in [1.807, 2.05) is 18.2 Å². The Bertz CT molecular complexity index is 913. The van der Waals surface area contributed by atoms with Gasteiger partial charge in [-0.2, -0.15) is 0 Å². The summed E-state index contributed by atoms with van der Waals surface area (Å²) in [7, 11) is 1.60. The molecule has 0 aliphatic carbocycles. The van der Waals surface area contributed by atoms with Crippen LogP contribution in [0.15, 0.2) is 60.7 Å². The second kappa shape index (κ2) is 8.78. The quantitative estimate of drug-likeness (QED) is 0.542. The molecule has 0 spiro atoms. The maximum absolute atomic E-state index is 13.1. The Morgan fingerprint density at radius 1 is 0.963 bits per heavy atom. The van der Waals surface area contributed by atoms with Gasteiger partial charge in [-0.15, -0.1) is 0 Å². The lowest BCUT2D eigenvalue weighted by molar-refractivity contribution is 0.284. The van der Waals surface area contributed by atoms with E-state index >= 15 is 0 Å². The predicted molar refractivity (Wildman–Crippen MR) is 107 cm³/mol. The molecule has 0 saturated heterocycles. The van der Waals surface area contributed by atoms with Gasteiger partial charge in [0.15, 0.2) is 11.5 Å². The first kappa shape index (κ1) is 19.1. The van der Waals surface area contributed by atoms with Crippen molar-refractivity contribution in [1.29, 1.82) is 0 Å². The predicted octanol–water partition coefficient (Wildman–Crippen LogP) is 5.99. The van der Waals surface area contributed by atoms with Crippen molar-refractivity contribution in [2.24, 2.45) is 0 Å². The SMILES string of the molecule is COc1cc(CNc2ccc(C)cc2)ccc1OCc1ccc(F)cc1Cl. The van der Waals surface area contributed by atoms with Crippen molar-refractivity contribution in [3.05, 3.63) is 88.2 Å². The van der Waals surface area contributed by atoms with E-state index in [1.165, 1.54) is 17.7 Å². The van der Waals surface area contributed by atoms with Crippen molar-refractivity contribution >= 4 is 17.3 Å². The van der Waals surface area contributed by atoms with Crippen LogP contribution < -0.4 is 14.8 Å². The Balaban J connectivity index is 1.65. The smallest absolute Gasteiger partial charge is 0.161 e. The summed E-state index contributed by atoms with van der Waals surface area (Å²) in [6.07, 6.45) is 0. The van der Waals surface area contributed by atoms with Crippen molar-refractivity contribution in [2.45, 2.75) is 20.1 Å². The summed E-state index contributed by atoms with van der Waals surface area (Å²) in [6, 6.07) is 18.3. The normalized spacial score (nSPS) is 10.5. The van der Waals surface area contributed by atoms with Gasteiger partial charge in [-0.3, -0.25) is 0 Å². The third-order valence-corrected chi connectivity index (χ3v) is 4.53. The molecular formula is C22H21ClFNO2. The van der Waals surface area contributed by atoms with E-state index in [-0.39, 0.29) is 12.4 Å². The summed E-state index contributed by atoms with van der Waals surface area (Å²) in [5, 5.41) is 3.72. The highest BCUT2D eigenvalue weighted by atomic mass is 35.5. The highest BCUT2D eigenvalue weighted by molar-refractivity contribution is 6.31. The van der Waals surface area contributed by atoms with Crippen LogP contribution in [0, 0.1) is 12.7 Å². The highest BCUT2D eigenvalue weighted by Crippen LogP contribution is 2.30. The minimum Gasteiger partial charge on any atom is -0.493 e. The lowest BCUT2D eigenvalue weighted by Crippen LogP contribution is -2.02. The number of hydrogen-bond acceptors (Lipinski definition) is 3. The number of methoxy groups -OCH3 is 1. The van der Waals surface area contributed by atoms with E-state index < -0.39 is 0 Å². The molecule has 0 radical (unpaired) electrons. The van der Waals surface area contributed by atoms with Crippen LogP contribution in [-0.4, -0.2) is 7.11 Å². The van der Waals surface area contributed by atoms with Crippen LogP contribution in [0.2, 0.25) is 5.02 Å². The monoisotopic (exact) mass is 385 g/mol. The van der Waals surface area contributed by atoms with Crippen molar-refractivity contribution in [3.63, 3.8) is 0 Å². The van der Waals surface area contributed by atoms with Crippen LogP contribution in [0.25, 0.3) is 0 Å². The fourth-order valence-corrected chi connectivity index (χ4v) is 2.83. The molecule has 0 fully saturated rings. The number of anilines is 1. The van der Waals surface area contributed by atoms with Crippen molar-refractivity contribution in [2.75, 3.05) is 12.4 Å². The van der Waals surface area contributed by atoms with Gasteiger partial charge in [-0.25, -0.2) is 4.39 Å².